The normalized spacial score (nSPS) is 10.2. The van der Waals surface area contributed by atoms with E-state index in [1.807, 2.05) is 6.92 Å². The van der Waals surface area contributed by atoms with Gasteiger partial charge in [-0.1, -0.05) is 12.1 Å². The minimum absolute atomic E-state index is 0.215. The van der Waals surface area contributed by atoms with Crippen molar-refractivity contribution in [1.29, 1.82) is 0 Å². The molecule has 8 heteroatoms. The van der Waals surface area contributed by atoms with E-state index in [0.29, 0.717) is 25.3 Å². The minimum atomic E-state index is -0.975. The summed E-state index contributed by atoms with van der Waals surface area (Å²) < 4.78 is 0. The molecule has 0 radical (unpaired) electrons. The first-order chi connectivity index (χ1) is 10.6. The number of carbonyl (C=O) groups is 2. The van der Waals surface area contributed by atoms with E-state index in [9.17, 15) is 9.59 Å². The molecule has 0 spiro atoms. The standard InChI is InChI=1S/C14H17N5O3/c1-2-19-17-9-12(18-19)8-16-14(22)15-7-10-3-5-11(6-4-10)13(20)21/h3-6,9H,2,7-8H2,1H3,(H,20,21)(H2,15,16,22). The lowest BCUT2D eigenvalue weighted by Gasteiger charge is -2.06. The van der Waals surface area contributed by atoms with E-state index in [-0.39, 0.29) is 11.6 Å². The maximum atomic E-state index is 11.7. The summed E-state index contributed by atoms with van der Waals surface area (Å²) in [4.78, 5) is 23.9. The zero-order valence-electron chi connectivity index (χ0n) is 12.1. The van der Waals surface area contributed by atoms with E-state index in [4.69, 9.17) is 5.11 Å². The molecule has 2 aromatic rings. The quantitative estimate of drug-likeness (QED) is 0.737. The highest BCUT2D eigenvalue weighted by molar-refractivity contribution is 5.87. The average Bonchev–Trinajstić information content (AvgIpc) is 2.99. The SMILES string of the molecule is CCn1ncc(CNC(=O)NCc2ccc(C(=O)O)cc2)n1. The number of hydrogen-bond acceptors (Lipinski definition) is 4. The number of hydrogen-bond donors (Lipinski definition) is 3. The Kier molecular flexibility index (Phi) is 5.07. The molecule has 0 saturated heterocycles. The second-order valence-electron chi connectivity index (χ2n) is 4.56. The van der Waals surface area contributed by atoms with Crippen LogP contribution in [0.25, 0.3) is 0 Å². The fourth-order valence-electron chi connectivity index (χ4n) is 1.75. The van der Waals surface area contributed by atoms with E-state index in [2.05, 4.69) is 20.8 Å². The lowest BCUT2D eigenvalue weighted by molar-refractivity contribution is 0.0697. The van der Waals surface area contributed by atoms with Crippen molar-refractivity contribution in [3.8, 4) is 0 Å². The zero-order chi connectivity index (χ0) is 15.9. The Morgan fingerprint density at radius 1 is 1.18 bits per heavy atom. The van der Waals surface area contributed by atoms with Crippen molar-refractivity contribution < 1.29 is 14.7 Å². The number of aromatic nitrogens is 3. The van der Waals surface area contributed by atoms with Gasteiger partial charge in [0.05, 0.1) is 24.8 Å². The largest absolute Gasteiger partial charge is 0.478 e. The van der Waals surface area contributed by atoms with Crippen molar-refractivity contribution in [2.24, 2.45) is 0 Å². The van der Waals surface area contributed by atoms with E-state index in [1.165, 1.54) is 12.1 Å². The number of nitrogens with one attached hydrogen (secondary N) is 2. The summed E-state index contributed by atoms with van der Waals surface area (Å²) in [6, 6.07) is 6.00. The molecule has 1 heterocycles. The van der Waals surface area contributed by atoms with Crippen LogP contribution in [0.3, 0.4) is 0 Å². The van der Waals surface area contributed by atoms with Gasteiger partial charge in [-0.15, -0.1) is 0 Å². The maximum Gasteiger partial charge on any atom is 0.335 e. The molecule has 0 saturated carbocycles. The van der Waals surface area contributed by atoms with Crippen molar-refractivity contribution in [3.05, 3.63) is 47.3 Å². The molecule has 0 aliphatic heterocycles. The lowest BCUT2D eigenvalue weighted by Crippen LogP contribution is -2.34. The van der Waals surface area contributed by atoms with Crippen LogP contribution in [0.1, 0.15) is 28.5 Å². The van der Waals surface area contributed by atoms with Gasteiger partial charge in [-0.05, 0) is 24.6 Å². The molecular formula is C14H17N5O3. The number of carbonyl (C=O) groups excluding carboxylic acids is 1. The summed E-state index contributed by atoms with van der Waals surface area (Å²) in [5.41, 5.74) is 1.71. The fourth-order valence-corrected chi connectivity index (χ4v) is 1.75. The van der Waals surface area contributed by atoms with Crippen LogP contribution >= 0.6 is 0 Å². The molecular weight excluding hydrogens is 286 g/mol. The summed E-state index contributed by atoms with van der Waals surface area (Å²) >= 11 is 0. The topological polar surface area (TPSA) is 109 Å². The van der Waals surface area contributed by atoms with Gasteiger partial charge in [-0.3, -0.25) is 0 Å². The highest BCUT2D eigenvalue weighted by Gasteiger charge is 2.05. The van der Waals surface area contributed by atoms with Gasteiger partial charge in [-0.25, -0.2) is 9.59 Å². The van der Waals surface area contributed by atoms with Crippen molar-refractivity contribution in [3.63, 3.8) is 0 Å². The molecule has 1 aromatic carbocycles. The van der Waals surface area contributed by atoms with Crippen LogP contribution in [0.2, 0.25) is 0 Å². The van der Waals surface area contributed by atoms with Gasteiger partial charge in [0.2, 0.25) is 0 Å². The van der Waals surface area contributed by atoms with Crippen LogP contribution in [-0.2, 0) is 19.6 Å². The number of aryl methyl sites for hydroxylation is 1. The molecule has 22 heavy (non-hydrogen) atoms. The smallest absolute Gasteiger partial charge is 0.335 e. The molecule has 3 N–H and O–H groups in total. The predicted octanol–water partition coefficient (Wildman–Crippen LogP) is 0.996. The summed E-state index contributed by atoms with van der Waals surface area (Å²) in [6.07, 6.45) is 1.61. The Morgan fingerprint density at radius 2 is 1.86 bits per heavy atom. The summed E-state index contributed by atoms with van der Waals surface area (Å²) in [5.74, 6) is -0.975. The third-order valence-electron chi connectivity index (χ3n) is 2.95. The predicted molar refractivity (Wildman–Crippen MR) is 78.2 cm³/mol. The van der Waals surface area contributed by atoms with E-state index in [1.54, 1.807) is 23.1 Å². The number of carboxylic acid groups (broad SMARTS) is 1. The van der Waals surface area contributed by atoms with Crippen LogP contribution in [0.4, 0.5) is 4.79 Å². The zero-order valence-corrected chi connectivity index (χ0v) is 12.1. The molecule has 8 nitrogen and oxygen atoms in total. The van der Waals surface area contributed by atoms with Crippen LogP contribution in [-0.4, -0.2) is 32.1 Å². The maximum absolute atomic E-state index is 11.7. The minimum Gasteiger partial charge on any atom is -0.478 e. The molecule has 116 valence electrons. The van der Waals surface area contributed by atoms with Gasteiger partial charge < -0.3 is 15.7 Å². The number of amides is 2. The Balaban J connectivity index is 1.76. The number of benzene rings is 1. The number of urea groups is 1. The van der Waals surface area contributed by atoms with Crippen LogP contribution in [0.5, 0.6) is 0 Å². The molecule has 0 aliphatic rings. The second-order valence-corrected chi connectivity index (χ2v) is 4.56. The Labute approximate surface area is 127 Å². The van der Waals surface area contributed by atoms with E-state index >= 15 is 0 Å². The van der Waals surface area contributed by atoms with Crippen molar-refractivity contribution in [2.75, 3.05) is 0 Å². The highest BCUT2D eigenvalue weighted by atomic mass is 16.4. The van der Waals surface area contributed by atoms with Crippen molar-refractivity contribution in [1.82, 2.24) is 25.6 Å². The Morgan fingerprint density at radius 3 is 2.45 bits per heavy atom. The average molecular weight is 303 g/mol. The van der Waals surface area contributed by atoms with Crippen molar-refractivity contribution in [2.45, 2.75) is 26.6 Å². The first-order valence-corrected chi connectivity index (χ1v) is 6.81. The first kappa shape index (κ1) is 15.5. The Bertz CT molecular complexity index is 651. The third-order valence-corrected chi connectivity index (χ3v) is 2.95. The number of carboxylic acids is 1. The molecule has 2 amide bonds. The summed E-state index contributed by atoms with van der Waals surface area (Å²) in [5, 5.41) is 22.3. The number of nitrogens with zero attached hydrogens (tertiary/aromatic N) is 3. The molecule has 0 fully saturated rings. The summed E-state index contributed by atoms with van der Waals surface area (Å²) in [7, 11) is 0. The fraction of sp³-hybridized carbons (Fsp3) is 0.286. The third kappa shape index (κ3) is 4.30. The highest BCUT2D eigenvalue weighted by Crippen LogP contribution is 2.04. The molecule has 0 bridgehead atoms. The molecule has 0 atom stereocenters. The summed E-state index contributed by atoms with van der Waals surface area (Å²) in [6.45, 7) is 3.22. The molecule has 0 unspecified atom stereocenters. The van der Waals surface area contributed by atoms with Gasteiger partial charge in [0.15, 0.2) is 0 Å². The van der Waals surface area contributed by atoms with E-state index < -0.39 is 5.97 Å². The van der Waals surface area contributed by atoms with E-state index in [0.717, 1.165) is 5.56 Å². The van der Waals surface area contributed by atoms with Crippen LogP contribution < -0.4 is 10.6 Å². The first-order valence-electron chi connectivity index (χ1n) is 6.81. The van der Waals surface area contributed by atoms with Crippen LogP contribution in [0, 0.1) is 0 Å². The van der Waals surface area contributed by atoms with Gasteiger partial charge in [0, 0.05) is 6.54 Å². The number of rotatable bonds is 6. The van der Waals surface area contributed by atoms with Gasteiger partial charge in [0.1, 0.15) is 5.69 Å². The molecule has 0 aliphatic carbocycles. The number of aromatic carboxylic acids is 1. The monoisotopic (exact) mass is 303 g/mol. The van der Waals surface area contributed by atoms with Gasteiger partial charge in [0.25, 0.3) is 0 Å². The van der Waals surface area contributed by atoms with Gasteiger partial charge >= 0.3 is 12.0 Å². The lowest BCUT2D eigenvalue weighted by atomic mass is 10.1. The molecule has 1 aromatic heterocycles. The van der Waals surface area contributed by atoms with Crippen LogP contribution in [0.15, 0.2) is 30.5 Å². The van der Waals surface area contributed by atoms with Gasteiger partial charge in [-0.2, -0.15) is 15.0 Å². The second kappa shape index (κ2) is 7.21. The van der Waals surface area contributed by atoms with Crippen molar-refractivity contribution >= 4 is 12.0 Å². The Hall–Kier alpha value is -2.90. The molecule has 2 rings (SSSR count).